The third-order valence-electron chi connectivity index (χ3n) is 2.78. The van der Waals surface area contributed by atoms with Crippen LogP contribution >= 0.6 is 0 Å². The van der Waals surface area contributed by atoms with Crippen LogP contribution in [-0.4, -0.2) is 22.0 Å². The quantitative estimate of drug-likeness (QED) is 0.753. The van der Waals surface area contributed by atoms with Gasteiger partial charge in [-0.2, -0.15) is 0 Å². The first kappa shape index (κ1) is 12.2. The van der Waals surface area contributed by atoms with Gasteiger partial charge in [-0.3, -0.25) is 9.88 Å². The fourth-order valence-corrected chi connectivity index (χ4v) is 1.82. The van der Waals surface area contributed by atoms with Crippen molar-refractivity contribution in [2.24, 2.45) is 0 Å². The van der Waals surface area contributed by atoms with Gasteiger partial charge in [0.1, 0.15) is 0 Å². The van der Waals surface area contributed by atoms with E-state index in [1.54, 1.807) is 0 Å². The molecule has 0 bridgehead atoms. The summed E-state index contributed by atoms with van der Waals surface area (Å²) in [7, 11) is 0. The Labute approximate surface area is 93.3 Å². The topological polar surface area (TPSA) is 16.1 Å². The summed E-state index contributed by atoms with van der Waals surface area (Å²) in [6, 6.07) is 5.24. The molecule has 0 aliphatic carbocycles. The number of rotatable bonds is 4. The van der Waals surface area contributed by atoms with Crippen LogP contribution in [0.2, 0.25) is 0 Å². The van der Waals surface area contributed by atoms with Crippen molar-refractivity contribution in [1.29, 1.82) is 0 Å². The largest absolute Gasteiger partial charge is 0.293 e. The van der Waals surface area contributed by atoms with Gasteiger partial charge in [0.05, 0.1) is 5.69 Å². The Morgan fingerprint density at radius 2 is 1.80 bits per heavy atom. The van der Waals surface area contributed by atoms with Crippen molar-refractivity contribution in [1.82, 2.24) is 9.88 Å². The molecule has 0 saturated heterocycles. The number of hydrogen-bond donors (Lipinski definition) is 0. The Hall–Kier alpha value is -0.890. The van der Waals surface area contributed by atoms with Gasteiger partial charge in [-0.1, -0.05) is 6.07 Å². The smallest absolute Gasteiger partial charge is 0.0573 e. The van der Waals surface area contributed by atoms with Gasteiger partial charge in [0.15, 0.2) is 0 Å². The van der Waals surface area contributed by atoms with E-state index in [0.717, 1.165) is 6.54 Å². The Bertz CT molecular complexity index is 297. The molecule has 84 valence electrons. The molecular formula is C13H22N2. The predicted octanol–water partition coefficient (Wildman–Crippen LogP) is 3.01. The molecule has 0 N–H and O–H groups in total. The molecule has 2 heteroatoms. The van der Waals surface area contributed by atoms with E-state index >= 15 is 0 Å². The molecule has 0 aliphatic heterocycles. The maximum Gasteiger partial charge on any atom is 0.0573 e. The Kier molecular flexibility index (Phi) is 4.28. The van der Waals surface area contributed by atoms with E-state index in [0.29, 0.717) is 12.1 Å². The summed E-state index contributed by atoms with van der Waals surface area (Å²) in [5, 5.41) is 0. The van der Waals surface area contributed by atoms with Crippen LogP contribution in [0.25, 0.3) is 0 Å². The summed E-state index contributed by atoms with van der Waals surface area (Å²) in [6.45, 7) is 12.0. The normalized spacial score (nSPS) is 11.7. The van der Waals surface area contributed by atoms with Gasteiger partial charge < -0.3 is 0 Å². The van der Waals surface area contributed by atoms with Gasteiger partial charge in [-0.05, 0) is 46.2 Å². The van der Waals surface area contributed by atoms with Crippen molar-refractivity contribution < 1.29 is 0 Å². The van der Waals surface area contributed by atoms with Crippen LogP contribution in [-0.2, 0) is 6.54 Å². The first-order valence-corrected chi connectivity index (χ1v) is 5.68. The molecule has 0 atom stereocenters. The Morgan fingerprint density at radius 1 is 1.20 bits per heavy atom. The minimum Gasteiger partial charge on any atom is -0.293 e. The van der Waals surface area contributed by atoms with E-state index < -0.39 is 0 Å². The predicted molar refractivity (Wildman–Crippen MR) is 64.8 cm³/mol. The molecule has 0 aromatic carbocycles. The summed E-state index contributed by atoms with van der Waals surface area (Å²) in [5.74, 6) is 0. The highest BCUT2D eigenvalue weighted by Crippen LogP contribution is 2.12. The van der Waals surface area contributed by atoms with E-state index in [1.165, 1.54) is 11.3 Å². The Balaban J connectivity index is 2.79. The van der Waals surface area contributed by atoms with Crippen LogP contribution in [0.4, 0.5) is 0 Å². The van der Waals surface area contributed by atoms with E-state index in [1.807, 2.05) is 12.3 Å². The van der Waals surface area contributed by atoms with Crippen LogP contribution < -0.4 is 0 Å². The number of aryl methyl sites for hydroxylation is 1. The van der Waals surface area contributed by atoms with E-state index in [-0.39, 0.29) is 0 Å². The zero-order valence-electron chi connectivity index (χ0n) is 10.5. The molecule has 15 heavy (non-hydrogen) atoms. The molecule has 0 spiro atoms. The maximum absolute atomic E-state index is 4.44. The second-order valence-corrected chi connectivity index (χ2v) is 4.63. The van der Waals surface area contributed by atoms with E-state index in [9.17, 15) is 0 Å². The molecule has 0 amide bonds. The van der Waals surface area contributed by atoms with Gasteiger partial charge in [-0.25, -0.2) is 0 Å². The lowest BCUT2D eigenvalue weighted by molar-refractivity contribution is 0.163. The van der Waals surface area contributed by atoms with Gasteiger partial charge in [0, 0.05) is 24.8 Å². The zero-order chi connectivity index (χ0) is 11.4. The molecule has 0 unspecified atom stereocenters. The zero-order valence-corrected chi connectivity index (χ0v) is 10.5. The minimum atomic E-state index is 0.561. The lowest BCUT2D eigenvalue weighted by atomic mass is 10.1. The van der Waals surface area contributed by atoms with E-state index in [2.05, 4.69) is 50.6 Å². The van der Waals surface area contributed by atoms with Crippen LogP contribution in [0.1, 0.15) is 39.0 Å². The first-order chi connectivity index (χ1) is 7.02. The van der Waals surface area contributed by atoms with Crippen molar-refractivity contribution in [2.75, 3.05) is 0 Å². The van der Waals surface area contributed by atoms with Gasteiger partial charge in [-0.15, -0.1) is 0 Å². The van der Waals surface area contributed by atoms with Crippen molar-refractivity contribution in [3.05, 3.63) is 29.6 Å². The first-order valence-electron chi connectivity index (χ1n) is 5.68. The van der Waals surface area contributed by atoms with Crippen molar-refractivity contribution >= 4 is 0 Å². The van der Waals surface area contributed by atoms with Gasteiger partial charge in [0.25, 0.3) is 0 Å². The number of aromatic nitrogens is 1. The van der Waals surface area contributed by atoms with Gasteiger partial charge >= 0.3 is 0 Å². The third-order valence-corrected chi connectivity index (χ3v) is 2.78. The highest BCUT2D eigenvalue weighted by Gasteiger charge is 2.14. The summed E-state index contributed by atoms with van der Waals surface area (Å²) < 4.78 is 0. The fraction of sp³-hybridized carbons (Fsp3) is 0.615. The molecule has 1 aromatic heterocycles. The molecule has 0 saturated carbocycles. The standard InChI is InChI=1S/C13H22N2/c1-10(2)15(11(3)4)9-13-12(5)7-6-8-14-13/h6-8,10-11H,9H2,1-5H3. The van der Waals surface area contributed by atoms with Crippen LogP contribution in [0, 0.1) is 6.92 Å². The van der Waals surface area contributed by atoms with Crippen molar-refractivity contribution in [2.45, 2.75) is 53.2 Å². The lowest BCUT2D eigenvalue weighted by Crippen LogP contribution is -2.36. The molecule has 0 fully saturated rings. The minimum absolute atomic E-state index is 0.561. The van der Waals surface area contributed by atoms with E-state index in [4.69, 9.17) is 0 Å². The van der Waals surface area contributed by atoms with Crippen molar-refractivity contribution in [3.8, 4) is 0 Å². The summed E-state index contributed by atoms with van der Waals surface area (Å²) in [4.78, 5) is 6.89. The summed E-state index contributed by atoms with van der Waals surface area (Å²) in [5.41, 5.74) is 2.48. The lowest BCUT2D eigenvalue weighted by Gasteiger charge is -2.30. The molecule has 1 rings (SSSR count). The third kappa shape index (κ3) is 3.31. The number of pyridine rings is 1. The highest BCUT2D eigenvalue weighted by molar-refractivity contribution is 5.17. The molecule has 0 aliphatic rings. The summed E-state index contributed by atoms with van der Waals surface area (Å²) in [6.07, 6.45) is 1.88. The Morgan fingerprint density at radius 3 is 2.27 bits per heavy atom. The highest BCUT2D eigenvalue weighted by atomic mass is 15.2. The number of hydrogen-bond acceptors (Lipinski definition) is 2. The van der Waals surface area contributed by atoms with Gasteiger partial charge in [0.2, 0.25) is 0 Å². The van der Waals surface area contributed by atoms with Crippen molar-refractivity contribution in [3.63, 3.8) is 0 Å². The number of nitrogens with zero attached hydrogens (tertiary/aromatic N) is 2. The van der Waals surface area contributed by atoms with Crippen LogP contribution in [0.3, 0.4) is 0 Å². The second-order valence-electron chi connectivity index (χ2n) is 4.63. The second kappa shape index (κ2) is 5.26. The molecule has 1 aromatic rings. The monoisotopic (exact) mass is 206 g/mol. The van der Waals surface area contributed by atoms with Crippen LogP contribution in [0.5, 0.6) is 0 Å². The molecule has 0 radical (unpaired) electrons. The molecule has 2 nitrogen and oxygen atoms in total. The molecule has 1 heterocycles. The fourth-order valence-electron chi connectivity index (χ4n) is 1.82. The molecular weight excluding hydrogens is 184 g/mol. The van der Waals surface area contributed by atoms with Crippen LogP contribution in [0.15, 0.2) is 18.3 Å². The SMILES string of the molecule is Cc1cccnc1CN(C(C)C)C(C)C. The average Bonchev–Trinajstić information content (AvgIpc) is 2.15. The maximum atomic E-state index is 4.44. The summed E-state index contributed by atoms with van der Waals surface area (Å²) >= 11 is 0. The average molecular weight is 206 g/mol.